The molecule has 0 saturated heterocycles. The van der Waals surface area contributed by atoms with Crippen LogP contribution in [-0.2, 0) is 83.2 Å². The number of carbonyl (C=O) groups is 5. The molecule has 98 heavy (non-hydrogen) atoms. The highest BCUT2D eigenvalue weighted by atomic mass is 16.4. The molecule has 0 saturated carbocycles. The zero-order valence-electron chi connectivity index (χ0n) is 53.7. The van der Waals surface area contributed by atoms with Gasteiger partial charge in [-0.05, 0) is 227 Å². The Morgan fingerprint density at radius 1 is 0.265 bits per heavy atom. The summed E-state index contributed by atoms with van der Waals surface area (Å²) >= 11 is 0. The standard InChI is InChI=1S/C88H62O10/c1-43(2)87-81-79-80-82(87)86(52-24-9-47(10-25-52)16-41-67(95)96)74-59-33-31-57-55-29-28-54-56-30-32-58-60-34-36-62-63-37-35-61(59)76(86)78(63)88(87,53-26-11-48(12-27-53)17-42-68(97)98)77(62)75(60)85(81,51-22-7-46(8-23-51)15-40-66(93)94)73(58)71(56)83(79,49-18-3-44(4-19-49)13-38-64(89)90)69(54)70(55)84(80,72(57)74)50-20-5-45(6-21-50)14-39-65(91)92/h3-12,18-37,43H,13-17,38-42H2,1-2H3,(H,89,90)(H,91,92)(H,93,94)(H,95,96)(H,97,98)/t83-,84+,85-,86+,87?,88?. The summed E-state index contributed by atoms with van der Waals surface area (Å²) in [5.74, 6) is -4.51. The van der Waals surface area contributed by atoms with Crippen molar-refractivity contribution in [1.29, 1.82) is 0 Å². The first-order valence-electron chi connectivity index (χ1n) is 34.5. The predicted octanol–water partition coefficient (Wildman–Crippen LogP) is 16.0. The molecular formula is C88H62O10. The average molecular weight is 1280 g/mol. The third kappa shape index (κ3) is 5.79. The monoisotopic (exact) mass is 1280 g/mol. The minimum Gasteiger partial charge on any atom is -0.481 e. The van der Waals surface area contributed by atoms with Crippen LogP contribution in [0.15, 0.2) is 204 Å². The fourth-order valence-corrected chi connectivity index (χ4v) is 23.2. The molecule has 0 aliphatic heterocycles. The van der Waals surface area contributed by atoms with E-state index in [0.717, 1.165) is 77.9 Å². The first-order valence-corrected chi connectivity index (χ1v) is 34.5. The number of carboxylic acid groups (broad SMARTS) is 5. The fraction of sp³-hybridized carbons (Fsp3) is 0.216. The van der Waals surface area contributed by atoms with Crippen molar-refractivity contribution < 1.29 is 49.5 Å². The highest BCUT2D eigenvalue weighted by molar-refractivity contribution is 6.15. The van der Waals surface area contributed by atoms with Crippen molar-refractivity contribution in [3.05, 3.63) is 316 Å². The number of benzene rings is 10. The van der Waals surface area contributed by atoms with Gasteiger partial charge in [-0.3, -0.25) is 24.0 Å². The lowest BCUT2D eigenvalue weighted by Gasteiger charge is -2.68. The summed E-state index contributed by atoms with van der Waals surface area (Å²) < 4.78 is 0. The largest absolute Gasteiger partial charge is 0.481 e. The maximum absolute atomic E-state index is 12.4. The van der Waals surface area contributed by atoms with Gasteiger partial charge in [0.1, 0.15) is 0 Å². The van der Waals surface area contributed by atoms with Gasteiger partial charge in [-0.25, -0.2) is 0 Å². The molecule has 0 spiro atoms. The number of aliphatic carboxylic acids is 5. The van der Waals surface area contributed by atoms with Crippen LogP contribution in [0.5, 0.6) is 0 Å². The number of fused-ring (bicyclic) bond motifs is 5. The fourth-order valence-electron chi connectivity index (χ4n) is 23.2. The van der Waals surface area contributed by atoms with Crippen molar-refractivity contribution in [2.24, 2.45) is 11.3 Å². The van der Waals surface area contributed by atoms with Crippen molar-refractivity contribution in [2.45, 2.75) is 105 Å². The van der Waals surface area contributed by atoms with Crippen molar-refractivity contribution >= 4 is 29.8 Å². The molecule has 0 amide bonds. The van der Waals surface area contributed by atoms with E-state index in [4.69, 9.17) is 0 Å². The topological polar surface area (TPSA) is 186 Å². The molecule has 2 unspecified atom stereocenters. The number of carboxylic acids is 5. The molecule has 10 heteroatoms. The zero-order chi connectivity index (χ0) is 66.4. The van der Waals surface area contributed by atoms with Crippen LogP contribution in [0, 0.1) is 11.3 Å². The summed E-state index contributed by atoms with van der Waals surface area (Å²) in [7, 11) is 0. The second kappa shape index (κ2) is 18.2. The molecule has 0 heterocycles. The number of rotatable bonds is 21. The molecule has 6 atom stereocenters. The van der Waals surface area contributed by atoms with Crippen molar-refractivity contribution in [3.8, 4) is 55.6 Å². The molecule has 10 nitrogen and oxygen atoms in total. The van der Waals surface area contributed by atoms with Crippen LogP contribution >= 0.6 is 0 Å². The summed E-state index contributed by atoms with van der Waals surface area (Å²) in [5.41, 5.74) is 33.4. The lowest BCUT2D eigenvalue weighted by Crippen LogP contribution is -2.65. The van der Waals surface area contributed by atoms with Gasteiger partial charge in [0.05, 0.1) is 27.1 Å². The van der Waals surface area contributed by atoms with Gasteiger partial charge >= 0.3 is 29.8 Å². The van der Waals surface area contributed by atoms with Gasteiger partial charge in [-0.15, -0.1) is 0 Å². The van der Waals surface area contributed by atoms with Gasteiger partial charge in [-0.2, -0.15) is 0 Å². The van der Waals surface area contributed by atoms with Gasteiger partial charge in [-0.1, -0.05) is 196 Å². The second-order valence-electron chi connectivity index (χ2n) is 29.7. The maximum atomic E-state index is 12.4. The van der Waals surface area contributed by atoms with Crippen LogP contribution in [0.4, 0.5) is 0 Å². The van der Waals surface area contributed by atoms with Gasteiger partial charge in [0.25, 0.3) is 0 Å². The summed E-state index contributed by atoms with van der Waals surface area (Å²) in [4.78, 5) is 62.1. The van der Waals surface area contributed by atoms with E-state index in [-0.39, 0.29) is 38.0 Å². The van der Waals surface area contributed by atoms with E-state index < -0.39 is 62.3 Å². The van der Waals surface area contributed by atoms with Crippen molar-refractivity contribution in [3.63, 3.8) is 0 Å². The van der Waals surface area contributed by atoms with Gasteiger partial charge in [0, 0.05) is 37.5 Å². The molecule has 11 aliphatic rings. The Morgan fingerprint density at radius 3 is 0.684 bits per heavy atom. The van der Waals surface area contributed by atoms with Gasteiger partial charge in [0.15, 0.2) is 0 Å². The Morgan fingerprint density at radius 2 is 0.459 bits per heavy atom. The molecule has 474 valence electrons. The number of allylic oxidation sites excluding steroid dienone is 4. The third-order valence-corrected chi connectivity index (χ3v) is 25.8. The Hall–Kier alpha value is -11.0. The predicted molar refractivity (Wildman–Crippen MR) is 370 cm³/mol. The number of hydrogen-bond acceptors (Lipinski definition) is 5. The molecule has 10 aromatic carbocycles. The summed E-state index contributed by atoms with van der Waals surface area (Å²) in [6, 6.07) is 69.2. The molecule has 21 rings (SSSR count). The Bertz CT molecular complexity index is 5320. The molecule has 0 aromatic heterocycles. The van der Waals surface area contributed by atoms with Crippen molar-refractivity contribution in [2.75, 3.05) is 0 Å². The minimum absolute atomic E-state index is 0.0181. The quantitative estimate of drug-likeness (QED) is 0.0463. The van der Waals surface area contributed by atoms with Crippen LogP contribution < -0.4 is 0 Å². The van der Waals surface area contributed by atoms with Crippen LogP contribution in [0.25, 0.3) is 55.6 Å². The van der Waals surface area contributed by atoms with E-state index in [1.165, 1.54) is 111 Å². The normalized spacial score (nSPS) is 23.9. The Balaban J connectivity index is 1.05. The van der Waals surface area contributed by atoms with Crippen LogP contribution in [0.3, 0.4) is 0 Å². The lowest BCUT2D eigenvalue weighted by molar-refractivity contribution is -0.138. The van der Waals surface area contributed by atoms with E-state index in [9.17, 15) is 49.5 Å². The van der Waals surface area contributed by atoms with E-state index >= 15 is 0 Å². The zero-order valence-corrected chi connectivity index (χ0v) is 53.7. The summed E-state index contributed by atoms with van der Waals surface area (Å²) in [6.07, 6.45) is 1.70. The van der Waals surface area contributed by atoms with Gasteiger partial charge in [0.2, 0.25) is 0 Å². The lowest BCUT2D eigenvalue weighted by atomic mass is 9.32. The van der Waals surface area contributed by atoms with Crippen LogP contribution in [0.1, 0.15) is 157 Å². The smallest absolute Gasteiger partial charge is 0.303 e. The molecule has 0 bridgehead atoms. The first kappa shape index (κ1) is 56.2. The number of hydrogen-bond donors (Lipinski definition) is 5. The Kier molecular flexibility index (Phi) is 10.4. The Labute approximate surface area is 563 Å². The third-order valence-electron chi connectivity index (χ3n) is 25.8. The molecule has 11 aliphatic carbocycles. The summed E-state index contributed by atoms with van der Waals surface area (Å²) in [6.45, 7) is 4.97. The molecule has 0 fully saturated rings. The van der Waals surface area contributed by atoms with E-state index in [2.05, 4.69) is 196 Å². The molecular weight excluding hydrogens is 1220 g/mol. The van der Waals surface area contributed by atoms with Crippen LogP contribution in [-0.4, -0.2) is 55.4 Å². The first-order chi connectivity index (χ1) is 47.5. The highest BCUT2D eigenvalue weighted by Crippen LogP contribution is 2.94. The summed E-state index contributed by atoms with van der Waals surface area (Å²) in [5, 5.41) is 50.9. The van der Waals surface area contributed by atoms with Gasteiger partial charge < -0.3 is 25.5 Å². The van der Waals surface area contributed by atoms with Crippen LogP contribution in [0.2, 0.25) is 0 Å². The van der Waals surface area contributed by atoms with E-state index in [1.807, 2.05) is 0 Å². The minimum atomic E-state index is -1.03. The maximum Gasteiger partial charge on any atom is 0.303 e. The second-order valence-corrected chi connectivity index (χ2v) is 29.7. The van der Waals surface area contributed by atoms with E-state index in [1.54, 1.807) is 0 Å². The highest BCUT2D eigenvalue weighted by Gasteiger charge is 2.87. The molecule has 10 aromatic rings. The number of aryl methyl sites for hydroxylation is 5. The van der Waals surface area contributed by atoms with Crippen molar-refractivity contribution in [1.82, 2.24) is 0 Å². The average Bonchev–Trinajstić information content (AvgIpc) is 1.38. The molecule has 0 radical (unpaired) electrons. The van der Waals surface area contributed by atoms with E-state index in [0.29, 0.717) is 32.1 Å². The molecule has 5 N–H and O–H groups in total. The SMILES string of the molecule is CC(C)C12C3=C4C5=C1[C@@]1(c6ccc(CCC(=O)O)cc6)c6c7ccc8c6C2(c2ccc(CCC(=O)O)cc2)c2c-8ccc6c2[C@]3(c2ccc(CCC(=O)O)cc2)c2c-6ccc3c2[C@]4(c2ccc(CCC(=O)O)cc2)c2c-3ccc3c2[C@]5(c2ccc(CCC(=O)O)cc2)c2c-3ccc-7c21.